The predicted molar refractivity (Wildman–Crippen MR) is 177 cm³/mol. The monoisotopic (exact) mass is 593 g/mol. The maximum absolute atomic E-state index is 13.5. The summed E-state index contributed by atoms with van der Waals surface area (Å²) in [6.45, 7) is 2.27. The number of unbranched alkanes of at least 4 members (excludes halogenated alkanes) is 14. The lowest BCUT2D eigenvalue weighted by Crippen LogP contribution is -2.14. The number of rotatable bonds is 20. The third-order valence-electron chi connectivity index (χ3n) is 8.09. The maximum Gasteiger partial charge on any atom is 0.235 e. The van der Waals surface area contributed by atoms with E-state index in [0.717, 1.165) is 12.8 Å². The van der Waals surface area contributed by atoms with Gasteiger partial charge in [0.25, 0.3) is 0 Å². The highest BCUT2D eigenvalue weighted by Gasteiger charge is 2.22. The van der Waals surface area contributed by atoms with Crippen molar-refractivity contribution in [2.45, 2.75) is 103 Å². The van der Waals surface area contributed by atoms with Crippen molar-refractivity contribution in [2.24, 2.45) is 0 Å². The Hall–Kier alpha value is -3.61. The molecule has 0 saturated carbocycles. The van der Waals surface area contributed by atoms with Gasteiger partial charge in [0.15, 0.2) is 17.2 Å². The van der Waals surface area contributed by atoms with Gasteiger partial charge in [0.2, 0.25) is 5.43 Å². The molecular formula is C36H51NO6. The van der Waals surface area contributed by atoms with Crippen LogP contribution in [0.2, 0.25) is 0 Å². The van der Waals surface area contributed by atoms with Crippen molar-refractivity contribution >= 4 is 17.1 Å². The molecule has 0 bridgehead atoms. The molecule has 0 amide bonds. The van der Waals surface area contributed by atoms with Crippen molar-refractivity contribution in [2.75, 3.05) is 21.3 Å². The first-order valence-corrected chi connectivity index (χ1v) is 16.0. The largest absolute Gasteiger partial charge is 0.507 e. The van der Waals surface area contributed by atoms with Gasteiger partial charge >= 0.3 is 0 Å². The zero-order valence-corrected chi connectivity index (χ0v) is 26.6. The van der Waals surface area contributed by atoms with Crippen LogP contribution in [0.25, 0.3) is 28.4 Å². The van der Waals surface area contributed by atoms with E-state index >= 15 is 0 Å². The van der Waals surface area contributed by atoms with E-state index in [9.17, 15) is 15.0 Å². The van der Waals surface area contributed by atoms with Crippen LogP contribution < -0.4 is 19.6 Å². The van der Waals surface area contributed by atoms with Crippen LogP contribution in [0.5, 0.6) is 28.7 Å². The summed E-state index contributed by atoms with van der Waals surface area (Å²) in [7, 11) is 4.43. The average molecular weight is 594 g/mol. The number of aromatic hydroxyl groups is 2. The lowest BCUT2D eigenvalue weighted by atomic mass is 10.0. The normalized spacial score (nSPS) is 11.4. The van der Waals surface area contributed by atoms with Crippen molar-refractivity contribution in [3.05, 3.63) is 46.6 Å². The average Bonchev–Trinajstić information content (AvgIpc) is 3.01. The van der Waals surface area contributed by atoms with E-state index in [2.05, 4.69) is 13.0 Å². The number of aromatic nitrogens is 1. The molecule has 7 nitrogen and oxygen atoms in total. The third-order valence-corrected chi connectivity index (χ3v) is 8.09. The second-order valence-electron chi connectivity index (χ2n) is 11.3. The van der Waals surface area contributed by atoms with Gasteiger partial charge in [-0.15, -0.1) is 0 Å². The Morgan fingerprint density at radius 3 is 1.88 bits per heavy atom. The summed E-state index contributed by atoms with van der Waals surface area (Å²) in [4.78, 5) is 13.5. The van der Waals surface area contributed by atoms with Gasteiger partial charge in [-0.05, 0) is 31.0 Å². The Morgan fingerprint density at radius 1 is 0.721 bits per heavy atom. The number of methoxy groups -OCH3 is 3. The summed E-state index contributed by atoms with van der Waals surface area (Å²) >= 11 is 0. The fourth-order valence-corrected chi connectivity index (χ4v) is 5.65. The minimum absolute atomic E-state index is 0.00689. The standard InChI is InChI=1S/C36H51NO6/c1-5-6-7-8-9-10-11-12-13-14-15-16-17-18-19-20-23-37-29-25-28(41-2)26-31(39)33(29)35(40)36(43-4)34(37)27-21-22-30(38)32(24-27)42-3/h20-26,38-39H,5-19H2,1-4H3. The first-order valence-electron chi connectivity index (χ1n) is 16.0. The molecule has 0 atom stereocenters. The smallest absolute Gasteiger partial charge is 0.235 e. The number of allylic oxidation sites excluding steroid dienone is 1. The fourth-order valence-electron chi connectivity index (χ4n) is 5.65. The first-order chi connectivity index (χ1) is 21.0. The lowest BCUT2D eigenvalue weighted by molar-refractivity contribution is 0.373. The zero-order valence-electron chi connectivity index (χ0n) is 26.6. The SMILES string of the molecule is CCCCCCCCCCCCCCCCC=Cn1c(-c2ccc(O)c(OC)c2)c(OC)c(=O)c2c(O)cc(OC)cc21. The molecule has 0 fully saturated rings. The summed E-state index contributed by atoms with van der Waals surface area (Å²) in [5, 5.41) is 21.1. The molecule has 0 saturated heterocycles. The molecule has 1 heterocycles. The van der Waals surface area contributed by atoms with Crippen LogP contribution in [0.15, 0.2) is 41.2 Å². The quantitative estimate of drug-likeness (QED) is 0.127. The van der Waals surface area contributed by atoms with Crippen molar-refractivity contribution in [1.29, 1.82) is 0 Å². The first kappa shape index (κ1) is 33.9. The van der Waals surface area contributed by atoms with E-state index in [0.29, 0.717) is 22.5 Å². The van der Waals surface area contributed by atoms with Gasteiger partial charge < -0.3 is 29.0 Å². The molecule has 3 rings (SSSR count). The number of nitrogens with zero attached hydrogens (tertiary/aromatic N) is 1. The highest BCUT2D eigenvalue weighted by Crippen LogP contribution is 2.39. The Bertz CT molecular complexity index is 1380. The molecule has 3 aromatic rings. The molecule has 0 unspecified atom stereocenters. The predicted octanol–water partition coefficient (Wildman–Crippen LogP) is 9.45. The Morgan fingerprint density at radius 2 is 1.33 bits per heavy atom. The summed E-state index contributed by atoms with van der Waals surface area (Å²) in [5.41, 5.74) is 1.16. The molecule has 0 radical (unpaired) electrons. The molecule has 0 aliphatic carbocycles. The number of ether oxygens (including phenoxy) is 3. The van der Waals surface area contributed by atoms with Crippen LogP contribution >= 0.6 is 0 Å². The molecule has 43 heavy (non-hydrogen) atoms. The van der Waals surface area contributed by atoms with Gasteiger partial charge in [-0.1, -0.05) is 96.5 Å². The third kappa shape index (κ3) is 9.44. The van der Waals surface area contributed by atoms with E-state index in [1.165, 1.54) is 117 Å². The van der Waals surface area contributed by atoms with Crippen LogP contribution in [0.4, 0.5) is 0 Å². The number of hydrogen-bond donors (Lipinski definition) is 2. The topological polar surface area (TPSA) is 90.2 Å². The lowest BCUT2D eigenvalue weighted by Gasteiger charge is -2.19. The van der Waals surface area contributed by atoms with Crippen LogP contribution in [-0.2, 0) is 0 Å². The maximum atomic E-state index is 13.5. The van der Waals surface area contributed by atoms with Crippen LogP contribution in [-0.4, -0.2) is 36.1 Å². The van der Waals surface area contributed by atoms with Crippen molar-refractivity contribution < 1.29 is 24.4 Å². The van der Waals surface area contributed by atoms with Gasteiger partial charge in [-0.3, -0.25) is 4.79 Å². The molecule has 2 N–H and O–H groups in total. The number of benzene rings is 2. The Labute approximate surface area is 257 Å². The zero-order chi connectivity index (χ0) is 31.0. The molecule has 1 aromatic heterocycles. The molecule has 236 valence electrons. The molecule has 0 spiro atoms. The van der Waals surface area contributed by atoms with E-state index in [1.54, 1.807) is 18.2 Å². The van der Waals surface area contributed by atoms with Crippen molar-refractivity contribution in [3.8, 4) is 40.0 Å². The van der Waals surface area contributed by atoms with E-state index in [-0.39, 0.29) is 28.4 Å². The van der Waals surface area contributed by atoms with Crippen molar-refractivity contribution in [1.82, 2.24) is 4.57 Å². The van der Waals surface area contributed by atoms with E-state index in [4.69, 9.17) is 14.2 Å². The van der Waals surface area contributed by atoms with Crippen LogP contribution in [0.3, 0.4) is 0 Å². The van der Waals surface area contributed by atoms with Gasteiger partial charge in [-0.25, -0.2) is 0 Å². The fraction of sp³-hybridized carbons (Fsp3) is 0.528. The summed E-state index contributed by atoms with van der Waals surface area (Å²) < 4.78 is 18.2. The van der Waals surface area contributed by atoms with Gasteiger partial charge in [0, 0.05) is 23.9 Å². The van der Waals surface area contributed by atoms with Gasteiger partial charge in [0.05, 0.1) is 37.9 Å². The highest BCUT2D eigenvalue weighted by molar-refractivity contribution is 5.93. The summed E-state index contributed by atoms with van der Waals surface area (Å²) in [6, 6.07) is 8.05. The highest BCUT2D eigenvalue weighted by atomic mass is 16.5. The number of phenolic OH excluding ortho intramolecular Hbond substituents is 2. The number of fused-ring (bicyclic) bond motifs is 1. The molecular weight excluding hydrogens is 542 g/mol. The molecule has 2 aromatic carbocycles. The summed E-state index contributed by atoms with van der Waals surface area (Å²) in [6.07, 6.45) is 23.3. The van der Waals surface area contributed by atoms with Crippen LogP contribution in [0, 0.1) is 0 Å². The van der Waals surface area contributed by atoms with E-state index in [1.807, 2.05) is 10.8 Å². The minimum atomic E-state index is -0.434. The number of phenols is 2. The second-order valence-corrected chi connectivity index (χ2v) is 11.3. The Kier molecular flexibility index (Phi) is 14.3. The van der Waals surface area contributed by atoms with Crippen molar-refractivity contribution in [3.63, 3.8) is 0 Å². The number of hydrogen-bond acceptors (Lipinski definition) is 6. The van der Waals surface area contributed by atoms with Crippen LogP contribution in [0.1, 0.15) is 103 Å². The second kappa shape index (κ2) is 18.1. The van der Waals surface area contributed by atoms with Gasteiger partial charge in [0.1, 0.15) is 11.5 Å². The molecule has 0 aliphatic rings. The minimum Gasteiger partial charge on any atom is -0.507 e. The van der Waals surface area contributed by atoms with Gasteiger partial charge in [-0.2, -0.15) is 0 Å². The van der Waals surface area contributed by atoms with E-state index < -0.39 is 5.43 Å². The Balaban J connectivity index is 1.68. The molecule has 7 heteroatoms. The molecule has 0 aliphatic heterocycles. The summed E-state index contributed by atoms with van der Waals surface area (Å²) in [5.74, 6) is 0.604. The number of pyridine rings is 1.